The molecular formula is C22H24ClNO5S. The van der Waals surface area contributed by atoms with E-state index in [2.05, 4.69) is 5.32 Å². The number of hydrogen-bond acceptors (Lipinski definition) is 6. The van der Waals surface area contributed by atoms with Gasteiger partial charge in [0, 0.05) is 22.7 Å². The Labute approximate surface area is 184 Å². The number of esters is 1. The summed E-state index contributed by atoms with van der Waals surface area (Å²) >= 11 is 7.41. The molecule has 0 fully saturated rings. The topological polar surface area (TPSA) is 81.7 Å². The molecule has 1 heterocycles. The lowest BCUT2D eigenvalue weighted by atomic mass is 9.95. The number of nitrogens with one attached hydrogen (secondary N) is 1. The van der Waals surface area contributed by atoms with E-state index in [1.54, 1.807) is 19.1 Å². The molecule has 0 saturated heterocycles. The van der Waals surface area contributed by atoms with Crippen molar-refractivity contribution < 1.29 is 23.9 Å². The summed E-state index contributed by atoms with van der Waals surface area (Å²) in [4.78, 5) is 38.7. The van der Waals surface area contributed by atoms with Crippen molar-refractivity contribution in [1.29, 1.82) is 0 Å². The van der Waals surface area contributed by atoms with Crippen LogP contribution in [0, 0.1) is 0 Å². The molecule has 160 valence electrons. The van der Waals surface area contributed by atoms with E-state index in [0.717, 1.165) is 36.1 Å². The highest BCUT2D eigenvalue weighted by molar-refractivity contribution is 7.17. The Bertz CT molecular complexity index is 969. The van der Waals surface area contributed by atoms with Gasteiger partial charge in [0.2, 0.25) is 5.91 Å². The first-order valence-corrected chi connectivity index (χ1v) is 11.1. The number of ether oxygens (including phenoxy) is 2. The third-order valence-corrected chi connectivity index (χ3v) is 6.39. The molecule has 0 radical (unpaired) electrons. The van der Waals surface area contributed by atoms with Crippen molar-refractivity contribution in [2.24, 2.45) is 0 Å². The number of ketones is 1. The normalized spacial score (nSPS) is 12.8. The van der Waals surface area contributed by atoms with Gasteiger partial charge in [-0.25, -0.2) is 4.79 Å². The van der Waals surface area contributed by atoms with Gasteiger partial charge in [-0.2, -0.15) is 0 Å². The molecule has 0 unspecified atom stereocenters. The highest BCUT2D eigenvalue weighted by Gasteiger charge is 2.27. The van der Waals surface area contributed by atoms with Gasteiger partial charge in [0.25, 0.3) is 0 Å². The van der Waals surface area contributed by atoms with Crippen molar-refractivity contribution in [2.45, 2.75) is 45.4 Å². The van der Waals surface area contributed by atoms with Crippen molar-refractivity contribution in [3.8, 4) is 5.75 Å². The molecule has 6 nitrogen and oxygen atoms in total. The number of rotatable bonds is 8. The lowest BCUT2D eigenvalue weighted by Crippen LogP contribution is -2.16. The average Bonchev–Trinajstić information content (AvgIpc) is 3.09. The second kappa shape index (κ2) is 10.1. The van der Waals surface area contributed by atoms with Crippen molar-refractivity contribution >= 4 is 45.6 Å². The number of thiophene rings is 1. The van der Waals surface area contributed by atoms with Gasteiger partial charge in [-0.15, -0.1) is 11.3 Å². The maximum absolute atomic E-state index is 12.6. The molecular weight excluding hydrogens is 426 g/mol. The van der Waals surface area contributed by atoms with Crippen LogP contribution in [0.1, 0.15) is 63.8 Å². The molecule has 0 saturated carbocycles. The number of amides is 1. The number of Topliss-reactive ketones (excluding diaryl/α,β-unsaturated/α-hetero) is 1. The quantitative estimate of drug-likeness (QED) is 0.449. The van der Waals surface area contributed by atoms with Crippen LogP contribution in [0.25, 0.3) is 0 Å². The minimum absolute atomic E-state index is 0.00235. The van der Waals surface area contributed by atoms with Crippen LogP contribution in [0.4, 0.5) is 5.00 Å². The summed E-state index contributed by atoms with van der Waals surface area (Å²) in [6.45, 7) is 2.03. The van der Waals surface area contributed by atoms with Crippen molar-refractivity contribution in [1.82, 2.24) is 0 Å². The average molecular weight is 450 g/mol. The zero-order valence-electron chi connectivity index (χ0n) is 17.0. The third kappa shape index (κ3) is 5.02. The van der Waals surface area contributed by atoms with E-state index in [9.17, 15) is 14.4 Å². The number of benzene rings is 1. The number of methoxy groups -OCH3 is 1. The Hall–Kier alpha value is -2.38. The highest BCUT2D eigenvalue weighted by atomic mass is 35.5. The Morgan fingerprint density at radius 2 is 1.93 bits per heavy atom. The van der Waals surface area contributed by atoms with Gasteiger partial charge in [0.15, 0.2) is 5.78 Å². The molecule has 0 atom stereocenters. The van der Waals surface area contributed by atoms with Gasteiger partial charge in [-0.05, 0) is 56.4 Å². The van der Waals surface area contributed by atoms with Crippen LogP contribution in [0.2, 0.25) is 5.02 Å². The molecule has 1 N–H and O–H groups in total. The predicted octanol–water partition coefficient (Wildman–Crippen LogP) is 5.07. The van der Waals surface area contributed by atoms with Gasteiger partial charge in [0.05, 0.1) is 24.8 Å². The molecule has 1 aromatic carbocycles. The molecule has 8 heteroatoms. The second-order valence-electron chi connectivity index (χ2n) is 6.95. The van der Waals surface area contributed by atoms with Crippen molar-refractivity contribution in [2.75, 3.05) is 19.0 Å². The van der Waals surface area contributed by atoms with E-state index in [1.165, 1.54) is 24.5 Å². The van der Waals surface area contributed by atoms with E-state index in [0.29, 0.717) is 26.9 Å². The summed E-state index contributed by atoms with van der Waals surface area (Å²) in [6.07, 6.45) is 3.78. The summed E-state index contributed by atoms with van der Waals surface area (Å²) in [6, 6.07) is 4.80. The minimum atomic E-state index is -0.410. The smallest absolute Gasteiger partial charge is 0.341 e. The number of fused-ring (bicyclic) bond motifs is 1. The largest absolute Gasteiger partial charge is 0.496 e. The number of halogens is 1. The molecule has 0 spiro atoms. The lowest BCUT2D eigenvalue weighted by Gasteiger charge is -2.12. The zero-order valence-corrected chi connectivity index (χ0v) is 18.6. The maximum atomic E-state index is 12.6. The Morgan fingerprint density at radius 1 is 1.17 bits per heavy atom. The van der Waals surface area contributed by atoms with Gasteiger partial charge < -0.3 is 14.8 Å². The van der Waals surface area contributed by atoms with E-state index >= 15 is 0 Å². The highest BCUT2D eigenvalue weighted by Crippen LogP contribution is 2.38. The van der Waals surface area contributed by atoms with Crippen LogP contribution >= 0.6 is 22.9 Å². The van der Waals surface area contributed by atoms with E-state index in [4.69, 9.17) is 21.1 Å². The molecule has 0 bridgehead atoms. The first-order valence-electron chi connectivity index (χ1n) is 9.92. The fraction of sp³-hybridized carbons (Fsp3) is 0.409. The monoisotopic (exact) mass is 449 g/mol. The van der Waals surface area contributed by atoms with Gasteiger partial charge in [-0.1, -0.05) is 11.6 Å². The SMILES string of the molecule is CCOC(=O)c1c(NC(=O)CCC(=O)c2cc(Cl)ccc2OC)sc2c1CCCC2. The first kappa shape index (κ1) is 22.3. The molecule has 1 aromatic heterocycles. The molecule has 1 aliphatic rings. The van der Waals surface area contributed by atoms with Crippen molar-refractivity contribution in [3.63, 3.8) is 0 Å². The summed E-state index contributed by atoms with van der Waals surface area (Å²) in [5.41, 5.74) is 1.80. The number of carbonyl (C=O) groups is 3. The number of aryl methyl sites for hydroxylation is 1. The van der Waals surface area contributed by atoms with Crippen LogP contribution in [0.15, 0.2) is 18.2 Å². The van der Waals surface area contributed by atoms with E-state index < -0.39 is 5.97 Å². The zero-order chi connectivity index (χ0) is 21.7. The van der Waals surface area contributed by atoms with Crippen LogP contribution < -0.4 is 10.1 Å². The van der Waals surface area contributed by atoms with Crippen LogP contribution in [-0.2, 0) is 22.4 Å². The fourth-order valence-electron chi connectivity index (χ4n) is 3.52. The standard InChI is InChI=1S/C22H24ClNO5S/c1-3-29-22(27)20-14-6-4-5-7-18(14)30-21(20)24-19(26)11-9-16(25)15-12-13(23)8-10-17(15)28-2/h8,10,12H,3-7,9,11H2,1-2H3,(H,24,26). The van der Waals surface area contributed by atoms with Crippen molar-refractivity contribution in [3.05, 3.63) is 44.8 Å². The third-order valence-electron chi connectivity index (χ3n) is 4.94. The molecule has 0 aliphatic heterocycles. The molecule has 3 rings (SSSR count). The summed E-state index contributed by atoms with van der Waals surface area (Å²) in [5.74, 6) is -0.554. The summed E-state index contributed by atoms with van der Waals surface area (Å²) in [5, 5.41) is 3.76. The Morgan fingerprint density at radius 3 is 2.67 bits per heavy atom. The van der Waals surface area contributed by atoms with Crippen LogP contribution in [0.5, 0.6) is 5.75 Å². The van der Waals surface area contributed by atoms with Crippen LogP contribution in [-0.4, -0.2) is 31.4 Å². The predicted molar refractivity (Wildman–Crippen MR) is 117 cm³/mol. The molecule has 1 amide bonds. The Kier molecular flexibility index (Phi) is 7.50. The van der Waals surface area contributed by atoms with Gasteiger partial charge in [0.1, 0.15) is 10.8 Å². The fourth-order valence-corrected chi connectivity index (χ4v) is 4.99. The molecule has 1 aliphatic carbocycles. The summed E-state index contributed by atoms with van der Waals surface area (Å²) in [7, 11) is 1.47. The van der Waals surface area contributed by atoms with E-state index in [-0.39, 0.29) is 31.1 Å². The first-order chi connectivity index (χ1) is 14.4. The van der Waals surface area contributed by atoms with E-state index in [1.807, 2.05) is 0 Å². The molecule has 2 aromatic rings. The van der Waals surface area contributed by atoms with Crippen LogP contribution in [0.3, 0.4) is 0 Å². The maximum Gasteiger partial charge on any atom is 0.341 e. The summed E-state index contributed by atoms with van der Waals surface area (Å²) < 4.78 is 10.4. The number of anilines is 1. The Balaban J connectivity index is 1.71. The van der Waals surface area contributed by atoms with Gasteiger partial charge >= 0.3 is 5.97 Å². The van der Waals surface area contributed by atoms with Gasteiger partial charge in [-0.3, -0.25) is 9.59 Å². The second-order valence-corrected chi connectivity index (χ2v) is 8.49. The number of hydrogen-bond donors (Lipinski definition) is 1. The minimum Gasteiger partial charge on any atom is -0.496 e. The number of carbonyl (C=O) groups excluding carboxylic acids is 3. The lowest BCUT2D eigenvalue weighted by molar-refractivity contribution is -0.116. The molecule has 30 heavy (non-hydrogen) atoms.